The summed E-state index contributed by atoms with van der Waals surface area (Å²) < 4.78 is 0. The maximum absolute atomic E-state index is 2.43. The molecule has 2 nitrogen and oxygen atoms in total. The Kier molecular flexibility index (Phi) is 2.74. The Bertz CT molecular complexity index is 618. The van der Waals surface area contributed by atoms with E-state index in [1.165, 1.54) is 28.2 Å². The lowest BCUT2D eigenvalue weighted by Crippen LogP contribution is -2.35. The summed E-state index contributed by atoms with van der Waals surface area (Å²) in [5.41, 5.74) is 6.54. The highest BCUT2D eigenvalue weighted by Gasteiger charge is 2.31. The summed E-state index contributed by atoms with van der Waals surface area (Å²) in [4.78, 5) is 4.76. The van der Waals surface area contributed by atoms with Gasteiger partial charge in [0, 0.05) is 12.7 Å². The number of benzene rings is 2. The van der Waals surface area contributed by atoms with Gasteiger partial charge >= 0.3 is 0 Å². The van der Waals surface area contributed by atoms with Gasteiger partial charge in [0.25, 0.3) is 0 Å². The molecule has 3 rings (SSSR count). The Labute approximate surface area is 115 Å². The number of hydrogen-bond acceptors (Lipinski definition) is 2. The lowest BCUT2D eigenvalue weighted by molar-refractivity contribution is 0.732. The van der Waals surface area contributed by atoms with Gasteiger partial charge in [-0.2, -0.15) is 0 Å². The zero-order valence-electron chi connectivity index (χ0n) is 12.0. The quantitative estimate of drug-likeness (QED) is 0.749. The normalized spacial score (nSPS) is 17.8. The molecule has 1 atom stereocenters. The van der Waals surface area contributed by atoms with Crippen molar-refractivity contribution in [2.45, 2.75) is 26.9 Å². The van der Waals surface area contributed by atoms with E-state index in [2.05, 4.69) is 80.1 Å². The maximum atomic E-state index is 2.43. The third-order valence-electron chi connectivity index (χ3n) is 4.08. The van der Waals surface area contributed by atoms with Crippen LogP contribution in [0, 0.1) is 13.8 Å². The topological polar surface area (TPSA) is 6.48 Å². The molecular weight excluding hydrogens is 232 g/mol. The van der Waals surface area contributed by atoms with Crippen LogP contribution in [0.3, 0.4) is 0 Å². The summed E-state index contributed by atoms with van der Waals surface area (Å²) in [5.74, 6) is 0. The van der Waals surface area contributed by atoms with Crippen molar-refractivity contribution in [3.63, 3.8) is 0 Å². The molecule has 0 N–H and O–H groups in total. The number of rotatable bonds is 1. The van der Waals surface area contributed by atoms with E-state index in [4.69, 9.17) is 0 Å². The minimum atomic E-state index is 0.345. The van der Waals surface area contributed by atoms with E-state index >= 15 is 0 Å². The number of fused-ring (bicyclic) bond motifs is 1. The van der Waals surface area contributed by atoms with E-state index in [0.29, 0.717) is 6.17 Å². The zero-order valence-corrected chi connectivity index (χ0v) is 12.0. The fraction of sp³-hybridized carbons (Fsp3) is 0.294. The summed E-state index contributed by atoms with van der Waals surface area (Å²) in [6, 6.07) is 15.3. The Morgan fingerprint density at radius 1 is 0.895 bits per heavy atom. The second kappa shape index (κ2) is 4.30. The molecule has 2 aromatic rings. The molecule has 0 saturated heterocycles. The van der Waals surface area contributed by atoms with Crippen molar-refractivity contribution in [3.05, 3.63) is 53.6 Å². The molecule has 0 bridgehead atoms. The van der Waals surface area contributed by atoms with E-state index < -0.39 is 0 Å². The summed E-state index contributed by atoms with van der Waals surface area (Å²) in [7, 11) is 2.16. The molecule has 1 aliphatic rings. The van der Waals surface area contributed by atoms with Gasteiger partial charge in [-0.3, -0.25) is 0 Å². The molecule has 0 fully saturated rings. The molecule has 98 valence electrons. The standard InChI is InChI=1S/C17H20N2/c1-12-9-10-13(2)17(11-12)19-14(3)18(4)15-7-5-6-8-16(15)19/h5-11,14H,1-4H3. The van der Waals surface area contributed by atoms with Crippen molar-refractivity contribution in [2.24, 2.45) is 0 Å². The van der Waals surface area contributed by atoms with Crippen LogP contribution in [0.4, 0.5) is 17.1 Å². The van der Waals surface area contributed by atoms with Crippen molar-refractivity contribution in [1.29, 1.82) is 0 Å². The second-order valence-electron chi connectivity index (χ2n) is 5.39. The minimum Gasteiger partial charge on any atom is -0.353 e. The summed E-state index contributed by atoms with van der Waals surface area (Å²) in [5, 5.41) is 0. The van der Waals surface area contributed by atoms with Gasteiger partial charge in [-0.15, -0.1) is 0 Å². The first kappa shape index (κ1) is 12.1. The molecule has 0 radical (unpaired) electrons. The lowest BCUT2D eigenvalue weighted by atomic mass is 10.1. The fourth-order valence-corrected chi connectivity index (χ4v) is 2.85. The molecule has 2 aromatic carbocycles. The van der Waals surface area contributed by atoms with Crippen LogP contribution in [0.25, 0.3) is 0 Å². The minimum absolute atomic E-state index is 0.345. The van der Waals surface area contributed by atoms with E-state index in [1.54, 1.807) is 0 Å². The molecule has 0 aromatic heterocycles. The van der Waals surface area contributed by atoms with Crippen LogP contribution in [0.15, 0.2) is 42.5 Å². The monoisotopic (exact) mass is 252 g/mol. The Morgan fingerprint density at radius 3 is 2.32 bits per heavy atom. The molecule has 2 heteroatoms. The van der Waals surface area contributed by atoms with E-state index in [-0.39, 0.29) is 0 Å². The zero-order chi connectivity index (χ0) is 13.6. The first-order valence-corrected chi connectivity index (χ1v) is 6.78. The highest BCUT2D eigenvalue weighted by atomic mass is 15.4. The smallest absolute Gasteiger partial charge is 0.103 e. The van der Waals surface area contributed by atoms with Gasteiger partial charge in [-0.05, 0) is 50.1 Å². The third-order valence-corrected chi connectivity index (χ3v) is 4.08. The summed E-state index contributed by atoms with van der Waals surface area (Å²) >= 11 is 0. The van der Waals surface area contributed by atoms with Crippen molar-refractivity contribution in [1.82, 2.24) is 0 Å². The fourth-order valence-electron chi connectivity index (χ4n) is 2.85. The lowest BCUT2D eigenvalue weighted by Gasteiger charge is -2.29. The van der Waals surface area contributed by atoms with Gasteiger partial charge in [-0.1, -0.05) is 24.3 Å². The highest BCUT2D eigenvalue weighted by Crippen LogP contribution is 2.43. The number of para-hydroxylation sites is 2. The highest BCUT2D eigenvalue weighted by molar-refractivity contribution is 5.84. The van der Waals surface area contributed by atoms with Crippen LogP contribution >= 0.6 is 0 Å². The van der Waals surface area contributed by atoms with Crippen molar-refractivity contribution in [2.75, 3.05) is 16.8 Å². The van der Waals surface area contributed by atoms with E-state index in [9.17, 15) is 0 Å². The van der Waals surface area contributed by atoms with Crippen molar-refractivity contribution < 1.29 is 0 Å². The van der Waals surface area contributed by atoms with Gasteiger partial charge in [0.15, 0.2) is 0 Å². The molecule has 0 saturated carbocycles. The molecule has 1 aliphatic heterocycles. The van der Waals surface area contributed by atoms with Gasteiger partial charge in [0.05, 0.1) is 11.4 Å². The van der Waals surface area contributed by atoms with Crippen LogP contribution in [0.2, 0.25) is 0 Å². The van der Waals surface area contributed by atoms with Crippen LogP contribution in [-0.4, -0.2) is 13.2 Å². The number of hydrogen-bond donors (Lipinski definition) is 0. The molecule has 0 spiro atoms. The summed E-state index contributed by atoms with van der Waals surface area (Å²) in [6.45, 7) is 6.59. The number of nitrogens with zero attached hydrogens (tertiary/aromatic N) is 2. The predicted octanol–water partition coefficient (Wildman–Crippen LogP) is 4.24. The van der Waals surface area contributed by atoms with Gasteiger partial charge in [-0.25, -0.2) is 0 Å². The molecular formula is C17H20N2. The molecule has 0 aliphatic carbocycles. The van der Waals surface area contributed by atoms with Gasteiger partial charge < -0.3 is 9.80 Å². The average Bonchev–Trinajstić information content (AvgIpc) is 2.66. The SMILES string of the molecule is Cc1ccc(C)c(N2c3ccccc3N(C)C2C)c1. The molecule has 1 heterocycles. The first-order chi connectivity index (χ1) is 9.09. The van der Waals surface area contributed by atoms with E-state index in [1.807, 2.05) is 0 Å². The summed E-state index contributed by atoms with van der Waals surface area (Å²) in [6.07, 6.45) is 0.345. The Hall–Kier alpha value is -1.96. The first-order valence-electron chi connectivity index (χ1n) is 6.78. The van der Waals surface area contributed by atoms with E-state index in [0.717, 1.165) is 0 Å². The van der Waals surface area contributed by atoms with Gasteiger partial charge in [0.2, 0.25) is 0 Å². The molecule has 19 heavy (non-hydrogen) atoms. The number of aryl methyl sites for hydroxylation is 2. The average molecular weight is 252 g/mol. The maximum Gasteiger partial charge on any atom is 0.103 e. The molecule has 1 unspecified atom stereocenters. The Morgan fingerprint density at radius 2 is 1.58 bits per heavy atom. The molecule has 0 amide bonds. The van der Waals surface area contributed by atoms with Gasteiger partial charge in [0.1, 0.15) is 6.17 Å². The van der Waals surface area contributed by atoms with Crippen molar-refractivity contribution in [3.8, 4) is 0 Å². The van der Waals surface area contributed by atoms with Crippen LogP contribution in [0.1, 0.15) is 18.1 Å². The van der Waals surface area contributed by atoms with Crippen LogP contribution in [-0.2, 0) is 0 Å². The third kappa shape index (κ3) is 1.79. The number of anilines is 3. The predicted molar refractivity (Wildman–Crippen MR) is 82.4 cm³/mol. The largest absolute Gasteiger partial charge is 0.353 e. The second-order valence-corrected chi connectivity index (χ2v) is 5.39. The van der Waals surface area contributed by atoms with Crippen LogP contribution < -0.4 is 9.80 Å². The van der Waals surface area contributed by atoms with Crippen LogP contribution in [0.5, 0.6) is 0 Å². The van der Waals surface area contributed by atoms with Crippen molar-refractivity contribution >= 4 is 17.1 Å². The Balaban J connectivity index is 2.18.